The number of esters is 3. The zero-order valence-corrected chi connectivity index (χ0v) is 17.7. The van der Waals surface area contributed by atoms with Crippen LogP contribution < -0.4 is 0 Å². The summed E-state index contributed by atoms with van der Waals surface area (Å²) in [5.41, 5.74) is 2.94. The van der Waals surface area contributed by atoms with Crippen LogP contribution in [0.5, 0.6) is 0 Å². The zero-order valence-electron chi connectivity index (χ0n) is 16.9. The molecule has 0 fully saturated rings. The van der Waals surface area contributed by atoms with Crippen molar-refractivity contribution in [3.05, 3.63) is 46.5 Å². The van der Waals surface area contributed by atoms with E-state index in [1.165, 1.54) is 30.4 Å². The average molecular weight is 433 g/mol. The van der Waals surface area contributed by atoms with Crippen LogP contribution in [0.4, 0.5) is 0 Å². The third-order valence-corrected chi connectivity index (χ3v) is 4.68. The minimum absolute atomic E-state index is 0.202. The Morgan fingerprint density at radius 1 is 1.07 bits per heavy atom. The number of hydrogen-bond acceptors (Lipinski definition) is 9. The summed E-state index contributed by atoms with van der Waals surface area (Å²) in [4.78, 5) is 52.4. The first-order chi connectivity index (χ1) is 14.2. The number of nitrogens with zero attached hydrogens (tertiary/aromatic N) is 1. The smallest absolute Gasteiger partial charge is 0.331 e. The highest BCUT2D eigenvalue weighted by molar-refractivity contribution is 7.07. The summed E-state index contributed by atoms with van der Waals surface area (Å²) in [6.45, 7) is 4.79. The topological polar surface area (TPSA) is 109 Å². The van der Waals surface area contributed by atoms with Gasteiger partial charge in [0.05, 0.1) is 17.6 Å². The fourth-order valence-electron chi connectivity index (χ4n) is 2.48. The number of carbonyl (C=O) groups excluding carboxylic acids is 4. The van der Waals surface area contributed by atoms with E-state index in [2.05, 4.69) is 4.98 Å². The van der Waals surface area contributed by atoms with Crippen molar-refractivity contribution in [2.75, 3.05) is 0 Å². The van der Waals surface area contributed by atoms with Crippen molar-refractivity contribution in [2.24, 2.45) is 0 Å². The van der Waals surface area contributed by atoms with Gasteiger partial charge in [-0.25, -0.2) is 14.6 Å². The van der Waals surface area contributed by atoms with E-state index in [-0.39, 0.29) is 12.8 Å². The molecular formula is C21H23NO7S. The molecule has 0 N–H and O–H groups in total. The first kappa shape index (κ1) is 23.2. The van der Waals surface area contributed by atoms with Crippen molar-refractivity contribution in [3.8, 4) is 0 Å². The van der Waals surface area contributed by atoms with E-state index < -0.39 is 42.0 Å². The molecule has 0 aliphatic carbocycles. The Balaban J connectivity index is 2.24. The Morgan fingerprint density at radius 3 is 2.50 bits per heavy atom. The summed E-state index contributed by atoms with van der Waals surface area (Å²) in [5, 5.41) is 1.81. The Bertz CT molecular complexity index is 870. The summed E-state index contributed by atoms with van der Waals surface area (Å²) < 4.78 is 15.7. The van der Waals surface area contributed by atoms with Crippen molar-refractivity contribution in [2.45, 2.75) is 51.9 Å². The minimum Gasteiger partial charge on any atom is -0.462 e. The lowest BCUT2D eigenvalue weighted by atomic mass is 10.1. The Kier molecular flexibility index (Phi) is 8.67. The normalized spacial score (nSPS) is 27.0. The summed E-state index contributed by atoms with van der Waals surface area (Å²) in [5.74, 6) is -2.66. The van der Waals surface area contributed by atoms with Gasteiger partial charge in [-0.05, 0) is 38.5 Å². The molecular weight excluding hydrogens is 410 g/mol. The van der Waals surface area contributed by atoms with E-state index >= 15 is 0 Å². The maximum atomic E-state index is 12.3. The second-order valence-corrected chi connectivity index (χ2v) is 7.40. The molecule has 2 rings (SSSR count). The van der Waals surface area contributed by atoms with Gasteiger partial charge in [0.15, 0.2) is 11.9 Å². The van der Waals surface area contributed by atoms with Crippen LogP contribution in [0.15, 0.2) is 40.8 Å². The molecule has 0 saturated carbocycles. The Morgan fingerprint density at radius 2 is 1.80 bits per heavy atom. The van der Waals surface area contributed by atoms with Gasteiger partial charge < -0.3 is 14.2 Å². The highest BCUT2D eigenvalue weighted by Gasteiger charge is 2.23. The third kappa shape index (κ3) is 7.75. The number of hydrogen-bond donors (Lipinski definition) is 0. The lowest BCUT2D eigenvalue weighted by molar-refractivity contribution is -0.153. The number of carbonyl (C=O) groups is 4. The molecule has 160 valence electrons. The van der Waals surface area contributed by atoms with Crippen LogP contribution in [0.1, 0.15) is 39.3 Å². The van der Waals surface area contributed by atoms with Crippen LogP contribution in [-0.2, 0) is 33.4 Å². The highest BCUT2D eigenvalue weighted by atomic mass is 32.1. The van der Waals surface area contributed by atoms with Gasteiger partial charge in [0.25, 0.3) is 0 Å². The van der Waals surface area contributed by atoms with Crippen molar-refractivity contribution in [1.29, 1.82) is 0 Å². The standard InChI is InChI=1S/C21H23NO7S/c1-13(9-16-11-30-12-22-16)18-10-21(26)27-14(2)5-4-6-19(24)28-15(3)17(23)7-8-20(25)29-18/h4,6-9,11-12,14-15,18H,5,10H2,1-3H3/b6-4+,8-7+,13-9+/t14-,15-,18+/m0/s1. The van der Waals surface area contributed by atoms with Gasteiger partial charge in [-0.3, -0.25) is 9.59 Å². The van der Waals surface area contributed by atoms with Crippen molar-refractivity contribution >= 4 is 41.1 Å². The van der Waals surface area contributed by atoms with E-state index in [0.29, 0.717) is 11.3 Å². The van der Waals surface area contributed by atoms with E-state index in [4.69, 9.17) is 14.2 Å². The van der Waals surface area contributed by atoms with Gasteiger partial charge in [-0.1, -0.05) is 6.08 Å². The molecule has 0 aromatic carbocycles. The number of cyclic esters (lactones) is 3. The number of ketones is 1. The van der Waals surface area contributed by atoms with Gasteiger partial charge in [-0.15, -0.1) is 11.3 Å². The van der Waals surface area contributed by atoms with Crippen LogP contribution >= 0.6 is 11.3 Å². The van der Waals surface area contributed by atoms with Crippen molar-refractivity contribution in [3.63, 3.8) is 0 Å². The van der Waals surface area contributed by atoms with Gasteiger partial charge >= 0.3 is 17.9 Å². The van der Waals surface area contributed by atoms with Gasteiger partial charge in [0.1, 0.15) is 12.2 Å². The van der Waals surface area contributed by atoms with Crippen molar-refractivity contribution < 1.29 is 33.4 Å². The summed E-state index contributed by atoms with van der Waals surface area (Å²) in [7, 11) is 0. The second-order valence-electron chi connectivity index (χ2n) is 6.68. The fraction of sp³-hybridized carbons (Fsp3) is 0.381. The van der Waals surface area contributed by atoms with E-state index in [0.717, 1.165) is 12.2 Å². The van der Waals surface area contributed by atoms with Crippen LogP contribution in [0, 0.1) is 0 Å². The lowest BCUT2D eigenvalue weighted by Gasteiger charge is -2.19. The third-order valence-electron chi connectivity index (χ3n) is 4.08. The molecule has 9 heteroatoms. The SMILES string of the molecule is C/C(=C\c1cscn1)[C@H]1CC(=O)O[C@@H](C)C/C=C/C(=O)O[C@@H](C)C(=O)/C=C/C(=O)O1. The van der Waals surface area contributed by atoms with Crippen LogP contribution in [-0.4, -0.2) is 47.0 Å². The average Bonchev–Trinajstić information content (AvgIpc) is 3.17. The van der Waals surface area contributed by atoms with E-state index in [1.54, 1.807) is 25.4 Å². The first-order valence-electron chi connectivity index (χ1n) is 9.30. The molecule has 0 unspecified atom stereocenters. The minimum atomic E-state index is -1.06. The highest BCUT2D eigenvalue weighted by Crippen LogP contribution is 2.17. The van der Waals surface area contributed by atoms with Crippen LogP contribution in [0.3, 0.4) is 0 Å². The second kappa shape index (κ2) is 11.2. The number of rotatable bonds is 2. The molecule has 0 spiro atoms. The molecule has 3 atom stereocenters. The molecule has 0 bridgehead atoms. The number of ether oxygens (including phenoxy) is 3. The molecule has 0 saturated heterocycles. The number of thiazole rings is 1. The molecule has 30 heavy (non-hydrogen) atoms. The maximum Gasteiger partial charge on any atom is 0.331 e. The molecule has 0 radical (unpaired) electrons. The summed E-state index contributed by atoms with van der Waals surface area (Å²) in [6.07, 6.45) is 3.92. The summed E-state index contributed by atoms with van der Waals surface area (Å²) >= 11 is 1.41. The summed E-state index contributed by atoms with van der Waals surface area (Å²) in [6, 6.07) is 0. The molecule has 0 amide bonds. The molecule has 8 nitrogen and oxygen atoms in total. The number of aromatic nitrogens is 1. The maximum absolute atomic E-state index is 12.3. The van der Waals surface area contributed by atoms with Gasteiger partial charge in [0.2, 0.25) is 0 Å². The first-order valence-corrected chi connectivity index (χ1v) is 10.2. The molecule has 1 aromatic heterocycles. The molecule has 2 heterocycles. The predicted molar refractivity (Wildman–Crippen MR) is 109 cm³/mol. The lowest BCUT2D eigenvalue weighted by Crippen LogP contribution is -2.26. The monoisotopic (exact) mass is 433 g/mol. The van der Waals surface area contributed by atoms with Crippen LogP contribution in [0.25, 0.3) is 6.08 Å². The largest absolute Gasteiger partial charge is 0.462 e. The quantitative estimate of drug-likeness (QED) is 0.517. The molecule has 1 aromatic rings. The zero-order chi connectivity index (χ0) is 22.1. The molecule has 1 aliphatic heterocycles. The van der Waals surface area contributed by atoms with E-state index in [1.807, 2.05) is 5.38 Å². The Labute approximate surface area is 178 Å². The molecule has 1 aliphatic rings. The van der Waals surface area contributed by atoms with E-state index in [9.17, 15) is 19.2 Å². The van der Waals surface area contributed by atoms with Gasteiger partial charge in [-0.2, -0.15) is 0 Å². The van der Waals surface area contributed by atoms with Crippen LogP contribution in [0.2, 0.25) is 0 Å². The predicted octanol–water partition coefficient (Wildman–Crippen LogP) is 2.80. The Hall–Kier alpha value is -3.07. The fourth-order valence-corrected chi connectivity index (χ4v) is 2.99. The van der Waals surface area contributed by atoms with Gasteiger partial charge in [0, 0.05) is 24.0 Å². The van der Waals surface area contributed by atoms with Crippen molar-refractivity contribution in [1.82, 2.24) is 4.98 Å².